The molecular weight excluding hydrogens is 272 g/mol. The van der Waals surface area contributed by atoms with Crippen LogP contribution in [0.2, 0.25) is 0 Å². The van der Waals surface area contributed by atoms with E-state index >= 15 is 0 Å². The molecule has 0 atom stereocenters. The molecule has 1 aromatic rings. The minimum absolute atomic E-state index is 0.783. The summed E-state index contributed by atoms with van der Waals surface area (Å²) in [6.45, 7) is 2.42. The van der Waals surface area contributed by atoms with Crippen molar-refractivity contribution in [1.29, 1.82) is 0 Å². The standard InChI is InChI=1S/C11H15BrN2S/c12-7-9-10(8-3-4-8)13-11(15-9)14-5-1-2-6-14/h8H,1-7H2. The van der Waals surface area contributed by atoms with Gasteiger partial charge in [-0.3, -0.25) is 0 Å². The molecule has 0 radical (unpaired) electrons. The van der Waals surface area contributed by atoms with Gasteiger partial charge in [-0.15, -0.1) is 11.3 Å². The number of alkyl halides is 1. The van der Waals surface area contributed by atoms with Gasteiger partial charge in [-0.05, 0) is 25.7 Å². The molecule has 0 spiro atoms. The van der Waals surface area contributed by atoms with Gasteiger partial charge in [-0.1, -0.05) is 15.9 Å². The van der Waals surface area contributed by atoms with Gasteiger partial charge in [0.2, 0.25) is 0 Å². The molecule has 2 aliphatic rings. The maximum atomic E-state index is 4.84. The first-order chi connectivity index (χ1) is 7.38. The van der Waals surface area contributed by atoms with Crippen molar-refractivity contribution in [3.05, 3.63) is 10.6 Å². The maximum Gasteiger partial charge on any atom is 0.185 e. The molecule has 1 aliphatic heterocycles. The topological polar surface area (TPSA) is 16.1 Å². The van der Waals surface area contributed by atoms with Crippen LogP contribution in [0.3, 0.4) is 0 Å². The molecule has 2 fully saturated rings. The lowest BCUT2D eigenvalue weighted by atomic mass is 10.3. The van der Waals surface area contributed by atoms with E-state index in [-0.39, 0.29) is 0 Å². The Morgan fingerprint density at radius 2 is 2.07 bits per heavy atom. The SMILES string of the molecule is BrCc1sc(N2CCCC2)nc1C1CC1. The van der Waals surface area contributed by atoms with Gasteiger partial charge in [0, 0.05) is 29.2 Å². The molecule has 1 aromatic heterocycles. The van der Waals surface area contributed by atoms with E-state index in [9.17, 15) is 0 Å². The minimum atomic E-state index is 0.783. The highest BCUT2D eigenvalue weighted by atomic mass is 79.9. The Kier molecular flexibility index (Phi) is 2.73. The van der Waals surface area contributed by atoms with Crippen LogP contribution in [0, 0.1) is 0 Å². The third-order valence-electron chi connectivity index (χ3n) is 3.18. The lowest BCUT2D eigenvalue weighted by molar-refractivity contribution is 0.935. The summed E-state index contributed by atoms with van der Waals surface area (Å²) in [5, 5.41) is 2.24. The van der Waals surface area contributed by atoms with Crippen LogP contribution < -0.4 is 4.90 Å². The van der Waals surface area contributed by atoms with Crippen LogP contribution in [0.15, 0.2) is 0 Å². The predicted octanol–water partition coefficient (Wildman–Crippen LogP) is 3.52. The third-order valence-corrected chi connectivity index (χ3v) is 5.24. The maximum absolute atomic E-state index is 4.84. The lowest BCUT2D eigenvalue weighted by Gasteiger charge is -2.12. The fraction of sp³-hybridized carbons (Fsp3) is 0.727. The van der Waals surface area contributed by atoms with Crippen LogP contribution in [0.4, 0.5) is 5.13 Å². The smallest absolute Gasteiger partial charge is 0.185 e. The van der Waals surface area contributed by atoms with E-state index in [0.29, 0.717) is 0 Å². The molecule has 0 aromatic carbocycles. The lowest BCUT2D eigenvalue weighted by Crippen LogP contribution is -2.17. The molecule has 1 saturated heterocycles. The Bertz CT molecular complexity index is 353. The van der Waals surface area contributed by atoms with E-state index in [4.69, 9.17) is 4.98 Å². The molecule has 1 saturated carbocycles. The van der Waals surface area contributed by atoms with Gasteiger partial charge in [0.25, 0.3) is 0 Å². The second-order valence-electron chi connectivity index (χ2n) is 4.41. The Morgan fingerprint density at radius 3 is 2.67 bits per heavy atom. The summed E-state index contributed by atoms with van der Waals surface area (Å²) in [5.41, 5.74) is 1.39. The zero-order chi connectivity index (χ0) is 10.3. The number of aromatic nitrogens is 1. The van der Waals surface area contributed by atoms with Crippen molar-refractivity contribution in [1.82, 2.24) is 4.98 Å². The Labute approximate surface area is 103 Å². The fourth-order valence-corrected chi connectivity index (χ4v) is 3.84. The molecule has 2 heterocycles. The largest absolute Gasteiger partial charge is 0.348 e. The summed E-state index contributed by atoms with van der Waals surface area (Å²) >= 11 is 5.47. The molecule has 0 unspecified atom stereocenters. The summed E-state index contributed by atoms with van der Waals surface area (Å²) in [4.78, 5) is 8.74. The van der Waals surface area contributed by atoms with E-state index in [1.165, 1.54) is 54.5 Å². The summed E-state index contributed by atoms with van der Waals surface area (Å²) in [7, 11) is 0. The molecule has 3 rings (SSSR count). The van der Waals surface area contributed by atoms with Gasteiger partial charge < -0.3 is 4.90 Å². The average Bonchev–Trinajstić information content (AvgIpc) is 2.83. The van der Waals surface area contributed by atoms with Crippen molar-refractivity contribution in [2.75, 3.05) is 18.0 Å². The highest BCUT2D eigenvalue weighted by molar-refractivity contribution is 9.08. The normalized spacial score (nSPS) is 21.3. The quantitative estimate of drug-likeness (QED) is 0.791. The second-order valence-corrected chi connectivity index (χ2v) is 6.03. The fourth-order valence-electron chi connectivity index (χ4n) is 2.17. The van der Waals surface area contributed by atoms with Crippen molar-refractivity contribution < 1.29 is 0 Å². The number of hydrogen-bond acceptors (Lipinski definition) is 3. The number of nitrogens with zero attached hydrogens (tertiary/aromatic N) is 2. The van der Waals surface area contributed by atoms with E-state index in [1.807, 2.05) is 11.3 Å². The number of anilines is 1. The Balaban J connectivity index is 1.88. The van der Waals surface area contributed by atoms with Gasteiger partial charge in [-0.25, -0.2) is 4.98 Å². The monoisotopic (exact) mass is 286 g/mol. The molecule has 1 aliphatic carbocycles. The van der Waals surface area contributed by atoms with Crippen LogP contribution in [0.5, 0.6) is 0 Å². The van der Waals surface area contributed by atoms with Gasteiger partial charge in [0.05, 0.1) is 5.69 Å². The minimum Gasteiger partial charge on any atom is -0.348 e. The van der Waals surface area contributed by atoms with Crippen LogP contribution in [0.1, 0.15) is 42.2 Å². The molecule has 15 heavy (non-hydrogen) atoms. The highest BCUT2D eigenvalue weighted by Crippen LogP contribution is 2.45. The van der Waals surface area contributed by atoms with Gasteiger partial charge in [-0.2, -0.15) is 0 Å². The van der Waals surface area contributed by atoms with E-state index in [1.54, 1.807) is 0 Å². The van der Waals surface area contributed by atoms with Crippen molar-refractivity contribution in [2.24, 2.45) is 0 Å². The molecular formula is C11H15BrN2S. The van der Waals surface area contributed by atoms with E-state index in [2.05, 4.69) is 20.8 Å². The Morgan fingerprint density at radius 1 is 1.33 bits per heavy atom. The van der Waals surface area contributed by atoms with Crippen molar-refractivity contribution in [3.63, 3.8) is 0 Å². The van der Waals surface area contributed by atoms with Gasteiger partial charge in [0.15, 0.2) is 5.13 Å². The molecule has 2 nitrogen and oxygen atoms in total. The third kappa shape index (κ3) is 1.94. The van der Waals surface area contributed by atoms with Crippen LogP contribution in [-0.2, 0) is 5.33 Å². The zero-order valence-corrected chi connectivity index (χ0v) is 11.1. The molecule has 0 N–H and O–H groups in total. The molecule has 0 bridgehead atoms. The summed E-state index contributed by atoms with van der Waals surface area (Å²) < 4.78 is 0. The second kappa shape index (κ2) is 4.06. The van der Waals surface area contributed by atoms with Crippen molar-refractivity contribution in [3.8, 4) is 0 Å². The number of rotatable bonds is 3. The first kappa shape index (κ1) is 10.1. The highest BCUT2D eigenvalue weighted by Gasteiger charge is 2.30. The molecule has 0 amide bonds. The number of hydrogen-bond donors (Lipinski definition) is 0. The first-order valence-electron chi connectivity index (χ1n) is 5.69. The number of thiazole rings is 1. The first-order valence-corrected chi connectivity index (χ1v) is 7.63. The van der Waals surface area contributed by atoms with Crippen LogP contribution >= 0.6 is 27.3 Å². The van der Waals surface area contributed by atoms with Crippen molar-refractivity contribution >= 4 is 32.4 Å². The van der Waals surface area contributed by atoms with Crippen LogP contribution in [0.25, 0.3) is 0 Å². The Hall–Kier alpha value is -0.0900. The summed E-state index contributed by atoms with van der Waals surface area (Å²) in [6, 6.07) is 0. The van der Waals surface area contributed by atoms with Gasteiger partial charge >= 0.3 is 0 Å². The molecule has 4 heteroatoms. The predicted molar refractivity (Wildman–Crippen MR) is 68.2 cm³/mol. The molecule has 82 valence electrons. The summed E-state index contributed by atoms with van der Waals surface area (Å²) in [5.74, 6) is 0.783. The van der Waals surface area contributed by atoms with Crippen molar-refractivity contribution in [2.45, 2.75) is 36.9 Å². The zero-order valence-electron chi connectivity index (χ0n) is 8.71. The van der Waals surface area contributed by atoms with E-state index in [0.717, 1.165) is 11.2 Å². The van der Waals surface area contributed by atoms with Crippen LogP contribution in [-0.4, -0.2) is 18.1 Å². The average molecular weight is 287 g/mol. The van der Waals surface area contributed by atoms with Gasteiger partial charge in [0.1, 0.15) is 0 Å². The summed E-state index contributed by atoms with van der Waals surface area (Å²) in [6.07, 6.45) is 5.37. The van der Waals surface area contributed by atoms with E-state index < -0.39 is 0 Å². The number of halogens is 1.